The minimum absolute atomic E-state index is 0.0374. The molecule has 0 fully saturated rings. The molecule has 0 aliphatic heterocycles. The van der Waals surface area contributed by atoms with E-state index in [4.69, 9.17) is 10.4 Å². The zero-order valence-corrected chi connectivity index (χ0v) is 8.56. The number of aliphatic hydroxyl groups is 1. The third-order valence-electron chi connectivity index (χ3n) is 2.37. The van der Waals surface area contributed by atoms with E-state index in [-0.39, 0.29) is 6.61 Å². The van der Waals surface area contributed by atoms with Gasteiger partial charge >= 0.3 is 0 Å². The van der Waals surface area contributed by atoms with Crippen molar-refractivity contribution in [1.29, 1.82) is 5.26 Å². The van der Waals surface area contributed by atoms with E-state index >= 15 is 0 Å². The summed E-state index contributed by atoms with van der Waals surface area (Å²) in [5, 5.41) is 21.0. The topological polar surface area (TPSA) is 44.0 Å². The van der Waals surface area contributed by atoms with Crippen LogP contribution in [0.3, 0.4) is 0 Å². The molecule has 0 spiro atoms. The van der Waals surface area contributed by atoms with Gasteiger partial charge in [-0.1, -0.05) is 0 Å². The number of nitrogens with zero attached hydrogens (tertiary/aromatic N) is 1. The van der Waals surface area contributed by atoms with Gasteiger partial charge < -0.3 is 5.11 Å². The second kappa shape index (κ2) is 3.41. The molecule has 2 aromatic rings. The van der Waals surface area contributed by atoms with Crippen molar-refractivity contribution >= 4 is 21.4 Å². The predicted molar refractivity (Wildman–Crippen MR) is 57.2 cm³/mol. The van der Waals surface area contributed by atoms with Crippen LogP contribution in [0.25, 0.3) is 10.1 Å². The first-order chi connectivity index (χ1) is 6.77. The number of rotatable bonds is 1. The minimum atomic E-state index is 0.0374. The normalized spacial score (nSPS) is 10.4. The van der Waals surface area contributed by atoms with Gasteiger partial charge in [0, 0.05) is 10.1 Å². The molecule has 0 atom stereocenters. The van der Waals surface area contributed by atoms with Crippen molar-refractivity contribution in [2.24, 2.45) is 0 Å². The van der Waals surface area contributed by atoms with Crippen LogP contribution in [-0.4, -0.2) is 5.11 Å². The van der Waals surface area contributed by atoms with Crippen molar-refractivity contribution < 1.29 is 5.11 Å². The van der Waals surface area contributed by atoms with Gasteiger partial charge in [0.15, 0.2) is 0 Å². The molecule has 1 aromatic carbocycles. The third-order valence-corrected chi connectivity index (χ3v) is 3.36. The summed E-state index contributed by atoms with van der Waals surface area (Å²) in [6.07, 6.45) is 0. The van der Waals surface area contributed by atoms with Gasteiger partial charge in [0.25, 0.3) is 0 Å². The number of hydrogen-bond donors (Lipinski definition) is 1. The Hall–Kier alpha value is -1.37. The molecule has 2 nitrogen and oxygen atoms in total. The van der Waals surface area contributed by atoms with Crippen LogP contribution in [0.2, 0.25) is 0 Å². The van der Waals surface area contributed by atoms with Crippen LogP contribution in [0, 0.1) is 18.3 Å². The van der Waals surface area contributed by atoms with Crippen LogP contribution in [-0.2, 0) is 6.61 Å². The Morgan fingerprint density at radius 3 is 2.93 bits per heavy atom. The van der Waals surface area contributed by atoms with Gasteiger partial charge in [0.05, 0.1) is 18.2 Å². The van der Waals surface area contributed by atoms with Gasteiger partial charge in [-0.2, -0.15) is 5.26 Å². The maximum atomic E-state index is 9.14. The number of hydrogen-bond acceptors (Lipinski definition) is 3. The first kappa shape index (κ1) is 9.20. The lowest BCUT2D eigenvalue weighted by Crippen LogP contribution is -1.86. The average Bonchev–Trinajstić information content (AvgIpc) is 2.62. The summed E-state index contributed by atoms with van der Waals surface area (Å²) in [5.74, 6) is 0. The molecule has 1 N–H and O–H groups in total. The van der Waals surface area contributed by atoms with Gasteiger partial charge in [-0.05, 0) is 35.6 Å². The van der Waals surface area contributed by atoms with Crippen LogP contribution in [0.5, 0.6) is 0 Å². The number of benzene rings is 1. The molecule has 1 aromatic heterocycles. The molecular formula is C11H9NOS. The maximum absolute atomic E-state index is 9.14. The number of aryl methyl sites for hydroxylation is 1. The van der Waals surface area contributed by atoms with E-state index in [0.717, 1.165) is 21.2 Å². The highest BCUT2D eigenvalue weighted by atomic mass is 32.1. The van der Waals surface area contributed by atoms with Crippen LogP contribution in [0.1, 0.15) is 16.7 Å². The van der Waals surface area contributed by atoms with Crippen molar-refractivity contribution in [3.63, 3.8) is 0 Å². The Kier molecular flexibility index (Phi) is 2.24. The first-order valence-electron chi connectivity index (χ1n) is 4.28. The fourth-order valence-electron chi connectivity index (χ4n) is 1.62. The lowest BCUT2D eigenvalue weighted by atomic mass is 10.0. The molecule has 0 saturated heterocycles. The summed E-state index contributed by atoms with van der Waals surface area (Å²) in [5.41, 5.74) is 2.57. The van der Waals surface area contributed by atoms with Gasteiger partial charge in [-0.3, -0.25) is 0 Å². The molecule has 0 unspecified atom stereocenters. The van der Waals surface area contributed by atoms with Gasteiger partial charge in [-0.25, -0.2) is 0 Å². The number of thiophene rings is 1. The molecule has 14 heavy (non-hydrogen) atoms. The summed E-state index contributed by atoms with van der Waals surface area (Å²) in [4.78, 5) is 0. The molecule has 0 amide bonds. The molecule has 2 rings (SSSR count). The fraction of sp³-hybridized carbons (Fsp3) is 0.182. The van der Waals surface area contributed by atoms with E-state index in [1.165, 1.54) is 0 Å². The summed E-state index contributed by atoms with van der Waals surface area (Å²) in [7, 11) is 0. The largest absolute Gasteiger partial charge is 0.392 e. The van der Waals surface area contributed by atoms with Crippen LogP contribution in [0.4, 0.5) is 0 Å². The molecule has 0 aliphatic carbocycles. The third kappa shape index (κ3) is 1.20. The van der Waals surface area contributed by atoms with Crippen molar-refractivity contribution in [3.05, 3.63) is 34.2 Å². The maximum Gasteiger partial charge on any atom is 0.0994 e. The molecule has 0 radical (unpaired) electrons. The second-order valence-corrected chi connectivity index (χ2v) is 4.05. The molecule has 0 saturated carbocycles. The monoisotopic (exact) mass is 203 g/mol. The SMILES string of the molecule is Cc1c(C#N)ccc2scc(CO)c12. The average molecular weight is 203 g/mol. The van der Waals surface area contributed by atoms with E-state index in [1.807, 2.05) is 24.4 Å². The molecule has 1 heterocycles. The van der Waals surface area contributed by atoms with Crippen molar-refractivity contribution in [1.82, 2.24) is 0 Å². The summed E-state index contributed by atoms with van der Waals surface area (Å²) in [6, 6.07) is 5.92. The lowest BCUT2D eigenvalue weighted by Gasteiger charge is -2.01. The lowest BCUT2D eigenvalue weighted by molar-refractivity contribution is 0.284. The Bertz CT molecular complexity index is 522. The van der Waals surface area contributed by atoms with Gasteiger partial charge in [0.1, 0.15) is 0 Å². The second-order valence-electron chi connectivity index (χ2n) is 3.14. The fourth-order valence-corrected chi connectivity index (χ4v) is 2.63. The zero-order valence-electron chi connectivity index (χ0n) is 7.74. The number of fused-ring (bicyclic) bond motifs is 1. The van der Waals surface area contributed by atoms with E-state index in [2.05, 4.69) is 6.07 Å². The van der Waals surface area contributed by atoms with Crippen LogP contribution < -0.4 is 0 Å². The van der Waals surface area contributed by atoms with Gasteiger partial charge in [-0.15, -0.1) is 11.3 Å². The van der Waals surface area contributed by atoms with Crippen molar-refractivity contribution in [2.45, 2.75) is 13.5 Å². The Morgan fingerprint density at radius 1 is 1.50 bits per heavy atom. The van der Waals surface area contributed by atoms with E-state index in [9.17, 15) is 0 Å². The molecule has 0 bridgehead atoms. The van der Waals surface area contributed by atoms with Gasteiger partial charge in [0.2, 0.25) is 0 Å². The Labute approximate surface area is 86.0 Å². The van der Waals surface area contributed by atoms with E-state index in [0.29, 0.717) is 5.56 Å². The molecular weight excluding hydrogens is 194 g/mol. The summed E-state index contributed by atoms with van der Waals surface area (Å²) < 4.78 is 1.13. The molecule has 3 heteroatoms. The zero-order chi connectivity index (χ0) is 10.1. The van der Waals surface area contributed by atoms with Crippen molar-refractivity contribution in [2.75, 3.05) is 0 Å². The minimum Gasteiger partial charge on any atom is -0.392 e. The predicted octanol–water partition coefficient (Wildman–Crippen LogP) is 2.57. The standard InChI is InChI=1S/C11H9NOS/c1-7-8(4-12)2-3-10-11(7)9(5-13)6-14-10/h2-3,6,13H,5H2,1H3. The number of nitriles is 1. The highest BCUT2D eigenvalue weighted by Crippen LogP contribution is 2.30. The highest BCUT2D eigenvalue weighted by molar-refractivity contribution is 7.17. The summed E-state index contributed by atoms with van der Waals surface area (Å²) in [6.45, 7) is 1.96. The molecule has 70 valence electrons. The first-order valence-corrected chi connectivity index (χ1v) is 5.16. The number of aliphatic hydroxyl groups excluding tert-OH is 1. The van der Waals surface area contributed by atoms with Crippen LogP contribution in [0.15, 0.2) is 17.5 Å². The summed E-state index contributed by atoms with van der Waals surface area (Å²) >= 11 is 1.60. The van der Waals surface area contributed by atoms with Crippen LogP contribution >= 0.6 is 11.3 Å². The Balaban J connectivity index is 2.85. The van der Waals surface area contributed by atoms with E-state index in [1.54, 1.807) is 11.3 Å². The van der Waals surface area contributed by atoms with E-state index < -0.39 is 0 Å². The van der Waals surface area contributed by atoms with Crippen molar-refractivity contribution in [3.8, 4) is 6.07 Å². The quantitative estimate of drug-likeness (QED) is 0.774. The highest BCUT2D eigenvalue weighted by Gasteiger charge is 2.08. The molecule has 0 aliphatic rings. The smallest absolute Gasteiger partial charge is 0.0994 e. The Morgan fingerprint density at radius 2 is 2.29 bits per heavy atom.